The molecule has 0 fully saturated rings. The van der Waals surface area contributed by atoms with Gasteiger partial charge in [-0.3, -0.25) is 9.78 Å². The predicted molar refractivity (Wildman–Crippen MR) is 94.6 cm³/mol. The number of amides is 1. The van der Waals surface area contributed by atoms with Crippen molar-refractivity contribution in [1.82, 2.24) is 15.6 Å². The van der Waals surface area contributed by atoms with Crippen LogP contribution >= 0.6 is 0 Å². The zero-order valence-corrected chi connectivity index (χ0v) is 14.3. The second-order valence-electron chi connectivity index (χ2n) is 5.67. The Bertz CT molecular complexity index is 857. The van der Waals surface area contributed by atoms with Gasteiger partial charge in [0, 0.05) is 30.4 Å². The summed E-state index contributed by atoms with van der Waals surface area (Å²) in [5, 5.41) is 14.2. The topological polar surface area (TPSA) is 96.3 Å². The number of pyridine rings is 1. The highest BCUT2D eigenvalue weighted by atomic mass is 16.5. The van der Waals surface area contributed by atoms with Crippen LogP contribution in [0.3, 0.4) is 0 Å². The first-order valence-electron chi connectivity index (χ1n) is 7.92. The maximum Gasteiger partial charge on any atom is 0.258 e. The minimum atomic E-state index is -0.407. The molecular formula is C18H20N4O3. The van der Waals surface area contributed by atoms with Gasteiger partial charge < -0.3 is 25.5 Å². The Morgan fingerprint density at radius 3 is 2.88 bits per heavy atom. The lowest BCUT2D eigenvalue weighted by molar-refractivity contribution is -0.118. The van der Waals surface area contributed by atoms with Crippen molar-refractivity contribution in [2.24, 2.45) is 0 Å². The van der Waals surface area contributed by atoms with Gasteiger partial charge in [0.15, 0.2) is 5.75 Å². The number of carbonyl (C=O) groups excluding carboxylic acids is 1. The zero-order valence-electron chi connectivity index (χ0n) is 14.3. The molecule has 1 aromatic carbocycles. The first kappa shape index (κ1) is 16.8. The molecule has 1 aliphatic rings. The summed E-state index contributed by atoms with van der Waals surface area (Å²) in [6, 6.07) is 7.41. The number of fused-ring (bicyclic) bond motifs is 3. The van der Waals surface area contributed by atoms with Gasteiger partial charge in [-0.15, -0.1) is 0 Å². The van der Waals surface area contributed by atoms with Crippen LogP contribution in [0.15, 0.2) is 41.9 Å². The second kappa shape index (κ2) is 6.80. The quantitative estimate of drug-likeness (QED) is 0.439. The lowest BCUT2D eigenvalue weighted by Crippen LogP contribution is -2.36. The predicted octanol–water partition coefficient (Wildman–Crippen LogP) is 1.90. The minimum Gasteiger partial charge on any atom is -0.486 e. The van der Waals surface area contributed by atoms with Crippen LogP contribution in [-0.2, 0) is 9.53 Å². The third kappa shape index (κ3) is 2.88. The fourth-order valence-electron chi connectivity index (χ4n) is 3.00. The number of nitrogens with zero attached hydrogens (tertiary/aromatic N) is 1. The molecule has 25 heavy (non-hydrogen) atoms. The van der Waals surface area contributed by atoms with Crippen LogP contribution < -0.4 is 15.4 Å². The van der Waals surface area contributed by atoms with Crippen molar-refractivity contribution in [1.29, 1.82) is 5.41 Å². The minimum absolute atomic E-state index is 0.115. The van der Waals surface area contributed by atoms with E-state index >= 15 is 0 Å². The van der Waals surface area contributed by atoms with Crippen LogP contribution in [0.2, 0.25) is 0 Å². The number of benzene rings is 1. The van der Waals surface area contributed by atoms with Gasteiger partial charge in [-0.2, -0.15) is 0 Å². The fourth-order valence-corrected chi connectivity index (χ4v) is 3.00. The van der Waals surface area contributed by atoms with Gasteiger partial charge in [0.2, 0.25) is 5.88 Å². The van der Waals surface area contributed by atoms with Crippen molar-refractivity contribution in [2.75, 3.05) is 14.2 Å². The Balaban J connectivity index is 1.95. The van der Waals surface area contributed by atoms with Crippen LogP contribution in [0, 0.1) is 5.41 Å². The molecule has 0 aliphatic carbocycles. The number of nitrogens with one attached hydrogen (secondary N) is 3. The number of aromatic nitrogens is 1. The lowest BCUT2D eigenvalue weighted by atomic mass is 10.0. The number of ether oxygens (including phenoxy) is 2. The van der Waals surface area contributed by atoms with Crippen LogP contribution in [0.1, 0.15) is 18.5 Å². The van der Waals surface area contributed by atoms with Crippen molar-refractivity contribution in [2.45, 2.75) is 19.1 Å². The first-order valence-corrected chi connectivity index (χ1v) is 7.92. The highest BCUT2D eigenvalue weighted by Crippen LogP contribution is 2.40. The largest absolute Gasteiger partial charge is 0.486 e. The third-order valence-corrected chi connectivity index (χ3v) is 4.22. The van der Waals surface area contributed by atoms with E-state index in [1.54, 1.807) is 13.2 Å². The van der Waals surface area contributed by atoms with Gasteiger partial charge in [-0.1, -0.05) is 18.2 Å². The van der Waals surface area contributed by atoms with Crippen molar-refractivity contribution in [3.05, 3.63) is 47.5 Å². The van der Waals surface area contributed by atoms with Crippen LogP contribution in [0.25, 0.3) is 10.9 Å². The standard InChI is InChI=1S/C18H20N4O3/c1-10-14(22-17(23)13(9-19)18(20-2)24-3)12-7-6-11-5-4-8-21-15(11)16(12)25-10/h4-10,14,19-20H,1-3H3,(H,22,23)/b18-13-,19-9?. The van der Waals surface area contributed by atoms with Crippen LogP contribution in [0.4, 0.5) is 0 Å². The zero-order chi connectivity index (χ0) is 18.0. The number of rotatable bonds is 5. The van der Waals surface area contributed by atoms with E-state index in [1.165, 1.54) is 7.11 Å². The van der Waals surface area contributed by atoms with Gasteiger partial charge in [0.1, 0.15) is 17.2 Å². The summed E-state index contributed by atoms with van der Waals surface area (Å²) in [7, 11) is 3.07. The van der Waals surface area contributed by atoms with E-state index in [-0.39, 0.29) is 23.6 Å². The molecule has 1 aliphatic heterocycles. The van der Waals surface area contributed by atoms with Gasteiger partial charge >= 0.3 is 0 Å². The van der Waals surface area contributed by atoms with E-state index < -0.39 is 5.91 Å². The van der Waals surface area contributed by atoms with Gasteiger partial charge in [0.05, 0.1) is 13.2 Å². The summed E-state index contributed by atoms with van der Waals surface area (Å²) < 4.78 is 11.1. The molecule has 2 unspecified atom stereocenters. The van der Waals surface area contributed by atoms with E-state index in [4.69, 9.17) is 14.9 Å². The van der Waals surface area contributed by atoms with Crippen molar-refractivity contribution < 1.29 is 14.3 Å². The SMILES string of the molecule is CN/C(OC)=C(\C=N)C(=O)NC1c2ccc3cccnc3c2OC1C. The highest BCUT2D eigenvalue weighted by Gasteiger charge is 2.34. The number of carbonyl (C=O) groups is 1. The summed E-state index contributed by atoms with van der Waals surface area (Å²) >= 11 is 0. The van der Waals surface area contributed by atoms with Gasteiger partial charge in [-0.05, 0) is 13.0 Å². The molecule has 2 heterocycles. The molecule has 0 saturated heterocycles. The molecule has 3 rings (SSSR count). The molecule has 130 valence electrons. The third-order valence-electron chi connectivity index (χ3n) is 4.22. The molecule has 0 bridgehead atoms. The van der Waals surface area contributed by atoms with E-state index in [0.29, 0.717) is 5.75 Å². The molecule has 3 N–H and O–H groups in total. The Hall–Kier alpha value is -3.09. The van der Waals surface area contributed by atoms with Gasteiger partial charge in [-0.25, -0.2) is 0 Å². The Kier molecular flexibility index (Phi) is 4.56. The molecule has 7 nitrogen and oxygen atoms in total. The summed E-state index contributed by atoms with van der Waals surface area (Å²) in [4.78, 5) is 17.0. The maximum atomic E-state index is 12.6. The molecular weight excluding hydrogens is 320 g/mol. The Labute approximate surface area is 145 Å². The second-order valence-corrected chi connectivity index (χ2v) is 5.67. The molecule has 2 atom stereocenters. The summed E-state index contributed by atoms with van der Waals surface area (Å²) in [6.45, 7) is 1.89. The molecule has 2 aromatic rings. The van der Waals surface area contributed by atoms with E-state index in [9.17, 15) is 4.79 Å². The molecule has 1 aromatic heterocycles. The van der Waals surface area contributed by atoms with Crippen molar-refractivity contribution >= 4 is 23.0 Å². The molecule has 0 radical (unpaired) electrons. The normalized spacial score (nSPS) is 19.5. The molecule has 1 amide bonds. The summed E-state index contributed by atoms with van der Waals surface area (Å²) in [5.41, 5.74) is 1.77. The van der Waals surface area contributed by atoms with E-state index in [2.05, 4.69) is 15.6 Å². The summed E-state index contributed by atoms with van der Waals surface area (Å²) in [5.74, 6) is 0.520. The van der Waals surface area contributed by atoms with Crippen molar-refractivity contribution in [3.8, 4) is 5.75 Å². The van der Waals surface area contributed by atoms with E-state index in [0.717, 1.165) is 22.7 Å². The molecule has 0 saturated carbocycles. The average Bonchev–Trinajstić information content (AvgIpc) is 2.95. The smallest absolute Gasteiger partial charge is 0.258 e. The van der Waals surface area contributed by atoms with Crippen molar-refractivity contribution in [3.63, 3.8) is 0 Å². The van der Waals surface area contributed by atoms with Crippen LogP contribution in [0.5, 0.6) is 5.75 Å². The number of methoxy groups -OCH3 is 1. The Morgan fingerprint density at radius 1 is 1.40 bits per heavy atom. The fraction of sp³-hybridized carbons (Fsp3) is 0.278. The lowest BCUT2D eigenvalue weighted by Gasteiger charge is -2.18. The van der Waals surface area contributed by atoms with Gasteiger partial charge in [0.25, 0.3) is 5.91 Å². The monoisotopic (exact) mass is 340 g/mol. The average molecular weight is 340 g/mol. The van der Waals surface area contributed by atoms with E-state index in [1.807, 2.05) is 31.2 Å². The summed E-state index contributed by atoms with van der Waals surface area (Å²) in [6.07, 6.45) is 2.43. The van der Waals surface area contributed by atoms with Crippen LogP contribution in [-0.4, -0.2) is 37.4 Å². The number of hydrogen-bond donors (Lipinski definition) is 3. The molecule has 0 spiro atoms. The maximum absolute atomic E-state index is 12.6. The number of hydrogen-bond acceptors (Lipinski definition) is 6. The first-order chi connectivity index (χ1) is 12.1. The molecule has 7 heteroatoms. The highest BCUT2D eigenvalue weighted by molar-refractivity contribution is 6.11. The Morgan fingerprint density at radius 2 is 2.20 bits per heavy atom.